The van der Waals surface area contributed by atoms with Gasteiger partial charge in [0.1, 0.15) is 11.9 Å². The first-order chi connectivity index (χ1) is 8.67. The molecule has 1 atom stereocenters. The van der Waals surface area contributed by atoms with Gasteiger partial charge in [0.25, 0.3) is 0 Å². The van der Waals surface area contributed by atoms with Crippen LogP contribution in [0.2, 0.25) is 0 Å². The van der Waals surface area contributed by atoms with E-state index in [1.54, 1.807) is 0 Å². The number of rotatable bonds is 8. The predicted octanol–water partition coefficient (Wildman–Crippen LogP) is 3.97. The zero-order valence-corrected chi connectivity index (χ0v) is 12.2. The molecule has 0 bridgehead atoms. The van der Waals surface area contributed by atoms with E-state index in [9.17, 15) is 0 Å². The predicted molar refractivity (Wildman–Crippen MR) is 78.4 cm³/mol. The van der Waals surface area contributed by atoms with E-state index in [1.807, 2.05) is 0 Å². The van der Waals surface area contributed by atoms with Gasteiger partial charge in [-0.25, -0.2) is 0 Å². The van der Waals surface area contributed by atoms with Gasteiger partial charge in [0.15, 0.2) is 0 Å². The van der Waals surface area contributed by atoms with E-state index in [4.69, 9.17) is 4.74 Å². The standard InChI is InChI=1S/C16H27NO/c1-5-8-16(12-17-6-2)18-15-10-7-9-14(11-15)13(3)4/h7,9-11,13,16-17H,5-6,8,12H2,1-4H3. The van der Waals surface area contributed by atoms with Crippen LogP contribution in [0.5, 0.6) is 5.75 Å². The maximum atomic E-state index is 6.09. The molecular weight excluding hydrogens is 222 g/mol. The summed E-state index contributed by atoms with van der Waals surface area (Å²) >= 11 is 0. The van der Waals surface area contributed by atoms with Crippen LogP contribution < -0.4 is 10.1 Å². The quantitative estimate of drug-likeness (QED) is 0.753. The van der Waals surface area contributed by atoms with E-state index in [2.05, 4.69) is 57.3 Å². The molecule has 1 N–H and O–H groups in total. The van der Waals surface area contributed by atoms with Crippen molar-refractivity contribution in [2.24, 2.45) is 0 Å². The largest absolute Gasteiger partial charge is 0.489 e. The fourth-order valence-corrected chi connectivity index (χ4v) is 1.97. The van der Waals surface area contributed by atoms with Crippen molar-refractivity contribution in [1.82, 2.24) is 5.32 Å². The molecule has 0 aliphatic carbocycles. The second-order valence-corrected chi connectivity index (χ2v) is 5.06. The van der Waals surface area contributed by atoms with Gasteiger partial charge in [-0.05, 0) is 36.6 Å². The van der Waals surface area contributed by atoms with Gasteiger partial charge in [-0.15, -0.1) is 0 Å². The van der Waals surface area contributed by atoms with Crippen LogP contribution in [0.15, 0.2) is 24.3 Å². The van der Waals surface area contributed by atoms with Crippen LogP contribution in [0.4, 0.5) is 0 Å². The Labute approximate surface area is 112 Å². The summed E-state index contributed by atoms with van der Waals surface area (Å²) in [5.41, 5.74) is 1.34. The fourth-order valence-electron chi connectivity index (χ4n) is 1.97. The van der Waals surface area contributed by atoms with E-state index >= 15 is 0 Å². The van der Waals surface area contributed by atoms with Crippen LogP contribution in [0, 0.1) is 0 Å². The molecule has 0 saturated carbocycles. The molecule has 2 nitrogen and oxygen atoms in total. The Hall–Kier alpha value is -1.02. The lowest BCUT2D eigenvalue weighted by Crippen LogP contribution is -2.31. The molecule has 2 heteroatoms. The molecule has 1 aromatic rings. The maximum absolute atomic E-state index is 6.09. The number of hydrogen-bond acceptors (Lipinski definition) is 2. The monoisotopic (exact) mass is 249 g/mol. The lowest BCUT2D eigenvalue weighted by Gasteiger charge is -2.19. The van der Waals surface area contributed by atoms with Crippen LogP contribution in [0.3, 0.4) is 0 Å². The number of benzene rings is 1. The highest BCUT2D eigenvalue weighted by molar-refractivity contribution is 5.30. The topological polar surface area (TPSA) is 21.3 Å². The Kier molecular flexibility index (Phi) is 6.81. The van der Waals surface area contributed by atoms with Crippen molar-refractivity contribution in [1.29, 1.82) is 0 Å². The molecule has 0 amide bonds. The Morgan fingerprint density at radius 2 is 2.00 bits per heavy atom. The highest BCUT2D eigenvalue weighted by atomic mass is 16.5. The minimum absolute atomic E-state index is 0.275. The maximum Gasteiger partial charge on any atom is 0.120 e. The third kappa shape index (κ3) is 5.09. The Morgan fingerprint density at radius 3 is 2.61 bits per heavy atom. The molecule has 1 unspecified atom stereocenters. The Morgan fingerprint density at radius 1 is 1.22 bits per heavy atom. The summed E-state index contributed by atoms with van der Waals surface area (Å²) in [5, 5.41) is 3.37. The molecule has 0 radical (unpaired) electrons. The zero-order valence-electron chi connectivity index (χ0n) is 12.2. The van der Waals surface area contributed by atoms with E-state index in [-0.39, 0.29) is 6.10 Å². The summed E-state index contributed by atoms with van der Waals surface area (Å²) in [6, 6.07) is 8.47. The van der Waals surface area contributed by atoms with Gasteiger partial charge in [-0.1, -0.05) is 46.2 Å². The fraction of sp³-hybridized carbons (Fsp3) is 0.625. The normalized spacial score (nSPS) is 12.7. The summed E-state index contributed by atoms with van der Waals surface area (Å²) in [5.74, 6) is 1.55. The summed E-state index contributed by atoms with van der Waals surface area (Å²) in [6.45, 7) is 10.7. The van der Waals surface area contributed by atoms with Gasteiger partial charge in [-0.2, -0.15) is 0 Å². The van der Waals surface area contributed by atoms with Crippen molar-refractivity contribution < 1.29 is 4.74 Å². The molecular formula is C16H27NO. The number of ether oxygens (including phenoxy) is 1. The molecule has 0 saturated heterocycles. The number of hydrogen-bond donors (Lipinski definition) is 1. The van der Waals surface area contributed by atoms with Crippen molar-refractivity contribution in [3.8, 4) is 5.75 Å². The van der Waals surface area contributed by atoms with Crippen LogP contribution in [-0.4, -0.2) is 19.2 Å². The summed E-state index contributed by atoms with van der Waals surface area (Å²) in [4.78, 5) is 0. The molecule has 102 valence electrons. The number of nitrogens with one attached hydrogen (secondary N) is 1. The molecule has 1 rings (SSSR count). The minimum atomic E-state index is 0.275. The van der Waals surface area contributed by atoms with Gasteiger partial charge < -0.3 is 10.1 Å². The SMILES string of the molecule is CCCC(CNCC)Oc1cccc(C(C)C)c1. The van der Waals surface area contributed by atoms with Crippen molar-refractivity contribution >= 4 is 0 Å². The Bertz CT molecular complexity index is 336. The van der Waals surface area contributed by atoms with Gasteiger partial charge >= 0.3 is 0 Å². The van der Waals surface area contributed by atoms with Crippen LogP contribution in [0.1, 0.15) is 52.0 Å². The van der Waals surface area contributed by atoms with Crippen molar-refractivity contribution in [3.63, 3.8) is 0 Å². The van der Waals surface area contributed by atoms with E-state index in [0.717, 1.165) is 31.7 Å². The van der Waals surface area contributed by atoms with Crippen molar-refractivity contribution in [2.45, 2.75) is 52.6 Å². The van der Waals surface area contributed by atoms with Gasteiger partial charge in [0.2, 0.25) is 0 Å². The van der Waals surface area contributed by atoms with Crippen molar-refractivity contribution in [2.75, 3.05) is 13.1 Å². The zero-order chi connectivity index (χ0) is 13.4. The first kappa shape index (κ1) is 15.0. The molecule has 0 aromatic heterocycles. The molecule has 0 aliphatic rings. The second kappa shape index (κ2) is 8.15. The minimum Gasteiger partial charge on any atom is -0.489 e. The smallest absolute Gasteiger partial charge is 0.120 e. The van der Waals surface area contributed by atoms with E-state index < -0.39 is 0 Å². The molecule has 0 fully saturated rings. The van der Waals surface area contributed by atoms with Crippen LogP contribution in [-0.2, 0) is 0 Å². The lowest BCUT2D eigenvalue weighted by atomic mass is 10.0. The molecule has 0 spiro atoms. The van der Waals surface area contributed by atoms with Crippen LogP contribution in [0.25, 0.3) is 0 Å². The molecule has 0 heterocycles. The summed E-state index contributed by atoms with van der Waals surface area (Å²) < 4.78 is 6.09. The molecule has 0 aliphatic heterocycles. The average molecular weight is 249 g/mol. The summed E-state index contributed by atoms with van der Waals surface area (Å²) in [6.07, 6.45) is 2.52. The van der Waals surface area contributed by atoms with E-state index in [0.29, 0.717) is 5.92 Å². The number of likely N-dealkylation sites (N-methyl/N-ethyl adjacent to an activating group) is 1. The highest BCUT2D eigenvalue weighted by Crippen LogP contribution is 2.21. The second-order valence-electron chi connectivity index (χ2n) is 5.06. The molecule has 1 aromatic carbocycles. The van der Waals surface area contributed by atoms with E-state index in [1.165, 1.54) is 5.56 Å². The van der Waals surface area contributed by atoms with Crippen LogP contribution >= 0.6 is 0 Å². The Balaban J connectivity index is 2.64. The first-order valence-corrected chi connectivity index (χ1v) is 7.14. The third-order valence-corrected chi connectivity index (χ3v) is 3.06. The van der Waals surface area contributed by atoms with Gasteiger partial charge in [0.05, 0.1) is 0 Å². The highest BCUT2D eigenvalue weighted by Gasteiger charge is 2.09. The lowest BCUT2D eigenvalue weighted by molar-refractivity contribution is 0.187. The summed E-state index contributed by atoms with van der Waals surface area (Å²) in [7, 11) is 0. The van der Waals surface area contributed by atoms with Gasteiger partial charge in [0, 0.05) is 6.54 Å². The average Bonchev–Trinajstić information content (AvgIpc) is 2.36. The first-order valence-electron chi connectivity index (χ1n) is 7.14. The molecule has 18 heavy (non-hydrogen) atoms. The van der Waals surface area contributed by atoms with Gasteiger partial charge in [-0.3, -0.25) is 0 Å². The third-order valence-electron chi connectivity index (χ3n) is 3.06. The van der Waals surface area contributed by atoms with Crippen molar-refractivity contribution in [3.05, 3.63) is 29.8 Å².